The molecule has 1 fully saturated rings. The summed E-state index contributed by atoms with van der Waals surface area (Å²) in [5.74, 6) is 0.792. The van der Waals surface area contributed by atoms with Crippen LogP contribution >= 0.6 is 11.3 Å². The van der Waals surface area contributed by atoms with Crippen LogP contribution in [0.1, 0.15) is 19.3 Å². The van der Waals surface area contributed by atoms with Crippen LogP contribution in [0.5, 0.6) is 0 Å². The third-order valence-electron chi connectivity index (χ3n) is 3.87. The molecule has 0 spiro atoms. The van der Waals surface area contributed by atoms with Gasteiger partial charge in [-0.25, -0.2) is 4.98 Å². The number of amides is 1. The average molecular weight is 277 g/mol. The number of rotatable bonds is 3. The van der Waals surface area contributed by atoms with Gasteiger partial charge in [0, 0.05) is 44.2 Å². The molecule has 5 heteroatoms. The molecule has 19 heavy (non-hydrogen) atoms. The SMILES string of the molecule is O=C(C[C@H]1C=CCC1)N1CCN(c2nccs2)CC1. The van der Waals surface area contributed by atoms with Crippen LogP contribution < -0.4 is 4.90 Å². The predicted octanol–water partition coefficient (Wildman–Crippen LogP) is 2.15. The van der Waals surface area contributed by atoms with Gasteiger partial charge in [0.1, 0.15) is 0 Å². The quantitative estimate of drug-likeness (QED) is 0.794. The molecule has 102 valence electrons. The van der Waals surface area contributed by atoms with Crippen LogP contribution in [0.2, 0.25) is 0 Å². The normalized spacial score (nSPS) is 23.1. The zero-order chi connectivity index (χ0) is 13.1. The number of hydrogen-bond donors (Lipinski definition) is 0. The molecule has 2 heterocycles. The lowest BCUT2D eigenvalue weighted by Gasteiger charge is -2.35. The number of carbonyl (C=O) groups excluding carboxylic acids is 1. The van der Waals surface area contributed by atoms with Crippen LogP contribution in [-0.2, 0) is 4.79 Å². The zero-order valence-corrected chi connectivity index (χ0v) is 11.8. The summed E-state index contributed by atoms with van der Waals surface area (Å²) in [5, 5.41) is 3.07. The van der Waals surface area contributed by atoms with Gasteiger partial charge in [-0.2, -0.15) is 0 Å². The molecule has 1 aliphatic heterocycles. The predicted molar refractivity (Wildman–Crippen MR) is 77.4 cm³/mol. The van der Waals surface area contributed by atoms with Gasteiger partial charge in [-0.15, -0.1) is 11.3 Å². The van der Waals surface area contributed by atoms with E-state index in [4.69, 9.17) is 0 Å². The summed E-state index contributed by atoms with van der Waals surface area (Å²) in [6.45, 7) is 3.46. The standard InChI is InChI=1S/C14H19N3OS/c18-13(11-12-3-1-2-4-12)16-6-8-17(9-7-16)14-15-5-10-19-14/h1,3,5,10,12H,2,4,6-9,11H2/t12-/m0/s1. The Balaban J connectivity index is 1.49. The van der Waals surface area contributed by atoms with Crippen molar-refractivity contribution in [2.45, 2.75) is 19.3 Å². The van der Waals surface area contributed by atoms with Gasteiger partial charge in [0.15, 0.2) is 5.13 Å². The van der Waals surface area contributed by atoms with Gasteiger partial charge >= 0.3 is 0 Å². The first-order chi connectivity index (χ1) is 9.33. The fraction of sp³-hybridized carbons (Fsp3) is 0.571. The maximum Gasteiger partial charge on any atom is 0.223 e. The van der Waals surface area contributed by atoms with Crippen molar-refractivity contribution in [2.24, 2.45) is 5.92 Å². The topological polar surface area (TPSA) is 36.4 Å². The van der Waals surface area contributed by atoms with E-state index in [9.17, 15) is 4.79 Å². The Kier molecular flexibility index (Phi) is 3.82. The second-order valence-corrected chi connectivity index (χ2v) is 6.03. The number of thiazole rings is 1. The molecule has 0 radical (unpaired) electrons. The van der Waals surface area contributed by atoms with Crippen molar-refractivity contribution < 1.29 is 4.79 Å². The van der Waals surface area contributed by atoms with Crippen molar-refractivity contribution in [3.63, 3.8) is 0 Å². The largest absolute Gasteiger partial charge is 0.345 e. The van der Waals surface area contributed by atoms with E-state index in [0.29, 0.717) is 18.2 Å². The van der Waals surface area contributed by atoms with Crippen molar-refractivity contribution in [2.75, 3.05) is 31.1 Å². The molecule has 0 bridgehead atoms. The first-order valence-electron chi connectivity index (χ1n) is 6.92. The van der Waals surface area contributed by atoms with Crippen LogP contribution in [-0.4, -0.2) is 42.0 Å². The van der Waals surface area contributed by atoms with Crippen LogP contribution in [0, 0.1) is 5.92 Å². The third kappa shape index (κ3) is 2.97. The van der Waals surface area contributed by atoms with Gasteiger partial charge < -0.3 is 9.80 Å². The van der Waals surface area contributed by atoms with E-state index in [0.717, 1.165) is 44.2 Å². The van der Waals surface area contributed by atoms with E-state index < -0.39 is 0 Å². The number of hydrogen-bond acceptors (Lipinski definition) is 4. The molecule has 1 aromatic heterocycles. The van der Waals surface area contributed by atoms with Crippen molar-refractivity contribution in [1.29, 1.82) is 0 Å². The Bertz CT molecular complexity index is 449. The molecule has 2 aliphatic rings. The van der Waals surface area contributed by atoms with E-state index >= 15 is 0 Å². The summed E-state index contributed by atoms with van der Waals surface area (Å²) in [6, 6.07) is 0. The van der Waals surface area contributed by atoms with Crippen molar-refractivity contribution >= 4 is 22.4 Å². The fourth-order valence-electron chi connectivity index (χ4n) is 2.74. The number of carbonyl (C=O) groups is 1. The second kappa shape index (κ2) is 5.74. The minimum Gasteiger partial charge on any atom is -0.345 e. The van der Waals surface area contributed by atoms with Crippen LogP contribution in [0.25, 0.3) is 0 Å². The lowest BCUT2D eigenvalue weighted by Crippen LogP contribution is -2.49. The molecule has 1 atom stereocenters. The maximum absolute atomic E-state index is 12.2. The highest BCUT2D eigenvalue weighted by atomic mass is 32.1. The van der Waals surface area contributed by atoms with Crippen LogP contribution in [0.15, 0.2) is 23.7 Å². The van der Waals surface area contributed by atoms with Gasteiger partial charge in [0.05, 0.1) is 0 Å². The molecule has 0 N–H and O–H groups in total. The first-order valence-corrected chi connectivity index (χ1v) is 7.80. The Hall–Kier alpha value is -1.36. The molecule has 3 rings (SSSR count). The number of piperazine rings is 1. The number of nitrogens with zero attached hydrogens (tertiary/aromatic N) is 3. The monoisotopic (exact) mass is 277 g/mol. The lowest BCUT2D eigenvalue weighted by atomic mass is 10.0. The summed E-state index contributed by atoms with van der Waals surface area (Å²) < 4.78 is 0. The summed E-state index contributed by atoms with van der Waals surface area (Å²) in [4.78, 5) is 20.8. The molecule has 1 saturated heterocycles. The Morgan fingerprint density at radius 1 is 1.37 bits per heavy atom. The molecule has 0 aromatic carbocycles. The van der Waals surface area contributed by atoms with Gasteiger partial charge in [-0.1, -0.05) is 12.2 Å². The van der Waals surface area contributed by atoms with E-state index in [-0.39, 0.29) is 0 Å². The highest BCUT2D eigenvalue weighted by molar-refractivity contribution is 7.13. The Labute approximate surface area is 117 Å². The summed E-state index contributed by atoms with van der Waals surface area (Å²) in [7, 11) is 0. The minimum absolute atomic E-state index is 0.315. The molecule has 1 amide bonds. The minimum atomic E-state index is 0.315. The molecule has 0 unspecified atom stereocenters. The number of allylic oxidation sites excluding steroid dienone is 2. The van der Waals surface area contributed by atoms with Gasteiger partial charge in [-0.05, 0) is 18.8 Å². The van der Waals surface area contributed by atoms with Gasteiger partial charge in [0.25, 0.3) is 0 Å². The van der Waals surface area contributed by atoms with Crippen molar-refractivity contribution in [1.82, 2.24) is 9.88 Å². The van der Waals surface area contributed by atoms with Crippen molar-refractivity contribution in [3.05, 3.63) is 23.7 Å². The van der Waals surface area contributed by atoms with Crippen LogP contribution in [0.3, 0.4) is 0 Å². The molecule has 4 nitrogen and oxygen atoms in total. The highest BCUT2D eigenvalue weighted by Crippen LogP contribution is 2.23. The van der Waals surface area contributed by atoms with Gasteiger partial charge in [-0.3, -0.25) is 4.79 Å². The summed E-state index contributed by atoms with van der Waals surface area (Å²) in [6.07, 6.45) is 9.19. The zero-order valence-electron chi connectivity index (χ0n) is 11.0. The van der Waals surface area contributed by atoms with Crippen LogP contribution in [0.4, 0.5) is 5.13 Å². The highest BCUT2D eigenvalue weighted by Gasteiger charge is 2.24. The van der Waals surface area contributed by atoms with E-state index in [1.54, 1.807) is 11.3 Å². The van der Waals surface area contributed by atoms with Crippen molar-refractivity contribution in [3.8, 4) is 0 Å². The Morgan fingerprint density at radius 3 is 2.84 bits per heavy atom. The average Bonchev–Trinajstić information content (AvgIpc) is 3.12. The number of aromatic nitrogens is 1. The van der Waals surface area contributed by atoms with E-state index in [1.165, 1.54) is 0 Å². The molecule has 0 saturated carbocycles. The molecule has 1 aromatic rings. The molecular formula is C14H19N3OS. The first kappa shape index (κ1) is 12.7. The third-order valence-corrected chi connectivity index (χ3v) is 4.70. The maximum atomic E-state index is 12.2. The summed E-state index contributed by atoms with van der Waals surface area (Å²) in [5.41, 5.74) is 0. The fourth-order valence-corrected chi connectivity index (χ4v) is 3.43. The molecular weight excluding hydrogens is 258 g/mol. The Morgan fingerprint density at radius 2 is 2.21 bits per heavy atom. The number of anilines is 1. The summed E-state index contributed by atoms with van der Waals surface area (Å²) >= 11 is 1.67. The van der Waals surface area contributed by atoms with Gasteiger partial charge in [0.2, 0.25) is 5.91 Å². The second-order valence-electron chi connectivity index (χ2n) is 5.15. The lowest BCUT2D eigenvalue weighted by molar-refractivity contribution is -0.132. The van der Waals surface area contributed by atoms with E-state index in [2.05, 4.69) is 22.0 Å². The smallest absolute Gasteiger partial charge is 0.223 e. The van der Waals surface area contributed by atoms with E-state index in [1.807, 2.05) is 16.5 Å². The molecule has 1 aliphatic carbocycles.